The third-order valence-electron chi connectivity index (χ3n) is 3.47. The second-order valence-electron chi connectivity index (χ2n) is 4.86. The number of hydrogen-bond donors (Lipinski definition) is 0. The van der Waals surface area contributed by atoms with E-state index in [2.05, 4.69) is 11.1 Å². The van der Waals surface area contributed by atoms with Crippen molar-refractivity contribution in [3.63, 3.8) is 0 Å². The van der Waals surface area contributed by atoms with E-state index >= 15 is 0 Å². The molecule has 3 rings (SSSR count). The lowest BCUT2D eigenvalue weighted by Crippen LogP contribution is -1.95. The zero-order valence-electron chi connectivity index (χ0n) is 11.7. The van der Waals surface area contributed by atoms with E-state index in [9.17, 15) is 5.26 Å². The Morgan fingerprint density at radius 1 is 0.857 bits per heavy atom. The number of rotatable bonds is 2. The molecule has 0 amide bonds. The summed E-state index contributed by atoms with van der Waals surface area (Å²) in [5.74, 6) is 0. The molecule has 2 nitrogen and oxygen atoms in total. The summed E-state index contributed by atoms with van der Waals surface area (Å²) in [6.45, 7) is 1.89. The van der Waals surface area contributed by atoms with Crippen molar-refractivity contribution in [3.8, 4) is 28.5 Å². The highest BCUT2D eigenvalue weighted by Gasteiger charge is 2.12. The Bertz CT molecular complexity index is 800. The summed E-state index contributed by atoms with van der Waals surface area (Å²) in [5.41, 5.74) is 5.33. The van der Waals surface area contributed by atoms with Gasteiger partial charge in [0.2, 0.25) is 0 Å². The van der Waals surface area contributed by atoms with Gasteiger partial charge in [-0.1, -0.05) is 60.7 Å². The first kappa shape index (κ1) is 13.1. The van der Waals surface area contributed by atoms with Crippen LogP contribution in [-0.4, -0.2) is 4.98 Å². The van der Waals surface area contributed by atoms with Crippen LogP contribution in [0.4, 0.5) is 0 Å². The molecular weight excluding hydrogens is 256 g/mol. The summed E-state index contributed by atoms with van der Waals surface area (Å²) in [6.07, 6.45) is 0. The second-order valence-corrected chi connectivity index (χ2v) is 4.86. The van der Waals surface area contributed by atoms with E-state index in [1.165, 1.54) is 0 Å². The molecule has 0 saturated heterocycles. The van der Waals surface area contributed by atoms with Gasteiger partial charge >= 0.3 is 0 Å². The molecule has 21 heavy (non-hydrogen) atoms. The van der Waals surface area contributed by atoms with Gasteiger partial charge in [-0.3, -0.25) is 4.98 Å². The van der Waals surface area contributed by atoms with E-state index in [0.29, 0.717) is 5.56 Å². The molecule has 0 aliphatic rings. The summed E-state index contributed by atoms with van der Waals surface area (Å²) < 4.78 is 0. The first-order valence-corrected chi connectivity index (χ1v) is 6.82. The van der Waals surface area contributed by atoms with Gasteiger partial charge in [0, 0.05) is 11.1 Å². The van der Waals surface area contributed by atoms with Gasteiger partial charge in [0.15, 0.2) is 0 Å². The van der Waals surface area contributed by atoms with Gasteiger partial charge in [-0.05, 0) is 18.6 Å². The Labute approximate surface area is 124 Å². The fraction of sp³-hybridized carbons (Fsp3) is 0.0526. The Morgan fingerprint density at radius 3 is 2.00 bits per heavy atom. The summed E-state index contributed by atoms with van der Waals surface area (Å²) in [6, 6.07) is 24.3. The predicted octanol–water partition coefficient (Wildman–Crippen LogP) is 4.60. The van der Waals surface area contributed by atoms with Crippen LogP contribution in [-0.2, 0) is 0 Å². The fourth-order valence-electron chi connectivity index (χ4n) is 2.42. The van der Waals surface area contributed by atoms with Crippen molar-refractivity contribution in [2.24, 2.45) is 0 Å². The van der Waals surface area contributed by atoms with Crippen LogP contribution >= 0.6 is 0 Å². The molecule has 0 atom stereocenters. The summed E-state index contributed by atoms with van der Waals surface area (Å²) >= 11 is 0. The number of aryl methyl sites for hydroxylation is 1. The van der Waals surface area contributed by atoms with Crippen molar-refractivity contribution in [2.45, 2.75) is 6.92 Å². The average Bonchev–Trinajstić information content (AvgIpc) is 2.55. The Kier molecular flexibility index (Phi) is 3.49. The van der Waals surface area contributed by atoms with Crippen molar-refractivity contribution in [1.29, 1.82) is 5.26 Å². The van der Waals surface area contributed by atoms with Gasteiger partial charge in [-0.2, -0.15) is 5.26 Å². The SMILES string of the molecule is Cc1nc(-c2ccccc2)cc(-c2ccccc2)c1C#N. The summed E-state index contributed by atoms with van der Waals surface area (Å²) in [7, 11) is 0. The van der Waals surface area contributed by atoms with Crippen molar-refractivity contribution in [2.75, 3.05) is 0 Å². The van der Waals surface area contributed by atoms with E-state index in [0.717, 1.165) is 28.1 Å². The minimum atomic E-state index is 0.640. The molecule has 1 heterocycles. The Morgan fingerprint density at radius 2 is 1.43 bits per heavy atom. The molecule has 1 aromatic heterocycles. The lowest BCUT2D eigenvalue weighted by molar-refractivity contribution is 1.18. The van der Waals surface area contributed by atoms with E-state index in [1.807, 2.05) is 73.7 Å². The summed E-state index contributed by atoms with van der Waals surface area (Å²) in [4.78, 5) is 4.58. The number of nitrogens with zero attached hydrogens (tertiary/aromatic N) is 2. The Balaban J connectivity index is 2.24. The molecule has 3 aromatic rings. The van der Waals surface area contributed by atoms with Gasteiger partial charge in [0.05, 0.1) is 17.0 Å². The largest absolute Gasteiger partial charge is 0.252 e. The van der Waals surface area contributed by atoms with Crippen LogP contribution in [0.1, 0.15) is 11.3 Å². The highest BCUT2D eigenvalue weighted by molar-refractivity contribution is 5.76. The molecule has 0 aliphatic carbocycles. The molecule has 2 heteroatoms. The van der Waals surface area contributed by atoms with Crippen LogP contribution in [0.5, 0.6) is 0 Å². The van der Waals surface area contributed by atoms with E-state index in [-0.39, 0.29) is 0 Å². The van der Waals surface area contributed by atoms with Gasteiger partial charge < -0.3 is 0 Å². The topological polar surface area (TPSA) is 36.7 Å². The van der Waals surface area contributed by atoms with Crippen LogP contribution in [0.3, 0.4) is 0 Å². The maximum Gasteiger partial charge on any atom is 0.102 e. The molecule has 0 aliphatic heterocycles. The maximum absolute atomic E-state index is 9.43. The normalized spacial score (nSPS) is 10.1. The lowest BCUT2D eigenvalue weighted by Gasteiger charge is -2.10. The molecule has 0 radical (unpaired) electrons. The van der Waals surface area contributed by atoms with Crippen LogP contribution in [0, 0.1) is 18.3 Å². The van der Waals surface area contributed by atoms with E-state index in [4.69, 9.17) is 0 Å². The first-order valence-electron chi connectivity index (χ1n) is 6.82. The van der Waals surface area contributed by atoms with Crippen molar-refractivity contribution in [3.05, 3.63) is 78.0 Å². The highest BCUT2D eigenvalue weighted by Crippen LogP contribution is 2.29. The van der Waals surface area contributed by atoms with Crippen molar-refractivity contribution in [1.82, 2.24) is 4.98 Å². The smallest absolute Gasteiger partial charge is 0.102 e. The second kappa shape index (κ2) is 5.60. The highest BCUT2D eigenvalue weighted by atomic mass is 14.7. The molecule has 0 fully saturated rings. The van der Waals surface area contributed by atoms with Crippen molar-refractivity contribution < 1.29 is 0 Å². The number of hydrogen-bond acceptors (Lipinski definition) is 2. The molecule has 0 bridgehead atoms. The lowest BCUT2D eigenvalue weighted by atomic mass is 9.97. The van der Waals surface area contributed by atoms with Crippen LogP contribution in [0.25, 0.3) is 22.4 Å². The molecule has 100 valence electrons. The molecule has 0 unspecified atom stereocenters. The minimum absolute atomic E-state index is 0.640. The first-order chi connectivity index (χ1) is 10.3. The van der Waals surface area contributed by atoms with Crippen molar-refractivity contribution >= 4 is 0 Å². The number of pyridine rings is 1. The van der Waals surface area contributed by atoms with Crippen LogP contribution in [0.15, 0.2) is 66.7 Å². The number of nitriles is 1. The standard InChI is InChI=1S/C19H14N2/c1-14-18(13-20)17(15-8-4-2-5-9-15)12-19(21-14)16-10-6-3-7-11-16/h2-12H,1H3. The van der Waals surface area contributed by atoms with Gasteiger partial charge in [-0.15, -0.1) is 0 Å². The maximum atomic E-state index is 9.43. The molecule has 0 N–H and O–H groups in total. The molecule has 0 saturated carbocycles. The van der Waals surface area contributed by atoms with Crippen LogP contribution < -0.4 is 0 Å². The third-order valence-corrected chi connectivity index (χ3v) is 3.47. The molecular formula is C19H14N2. The van der Waals surface area contributed by atoms with E-state index in [1.54, 1.807) is 0 Å². The third kappa shape index (κ3) is 2.54. The number of aromatic nitrogens is 1. The average molecular weight is 270 g/mol. The van der Waals surface area contributed by atoms with Gasteiger partial charge in [-0.25, -0.2) is 0 Å². The minimum Gasteiger partial charge on any atom is -0.252 e. The zero-order valence-corrected chi connectivity index (χ0v) is 11.7. The van der Waals surface area contributed by atoms with Gasteiger partial charge in [0.1, 0.15) is 6.07 Å². The summed E-state index contributed by atoms with van der Waals surface area (Å²) in [5, 5.41) is 9.43. The molecule has 0 spiro atoms. The van der Waals surface area contributed by atoms with Gasteiger partial charge in [0.25, 0.3) is 0 Å². The molecule has 2 aromatic carbocycles. The predicted molar refractivity (Wildman–Crippen MR) is 84.6 cm³/mol. The fourth-order valence-corrected chi connectivity index (χ4v) is 2.42. The van der Waals surface area contributed by atoms with Crippen LogP contribution in [0.2, 0.25) is 0 Å². The quantitative estimate of drug-likeness (QED) is 0.682. The zero-order chi connectivity index (χ0) is 14.7. The van der Waals surface area contributed by atoms with E-state index < -0.39 is 0 Å². The Hall–Kier alpha value is -2.92. The monoisotopic (exact) mass is 270 g/mol. The number of benzene rings is 2.